The van der Waals surface area contributed by atoms with Crippen molar-refractivity contribution in [3.05, 3.63) is 0 Å². The van der Waals surface area contributed by atoms with Gasteiger partial charge in [-0.15, -0.1) is 0 Å². The maximum atomic E-state index is 12.1. The van der Waals surface area contributed by atoms with Crippen LogP contribution < -0.4 is 0 Å². The summed E-state index contributed by atoms with van der Waals surface area (Å²) in [7, 11) is 0. The van der Waals surface area contributed by atoms with E-state index in [4.69, 9.17) is 5.11 Å². The van der Waals surface area contributed by atoms with Crippen LogP contribution >= 0.6 is 0 Å². The Balaban J connectivity index is 2.57. The van der Waals surface area contributed by atoms with E-state index in [2.05, 4.69) is 4.74 Å². The van der Waals surface area contributed by atoms with Crippen LogP contribution in [0.15, 0.2) is 0 Å². The standard InChI is InChI=1S/C7H9F3O3/c8-7(9,10)5-3-1-2-4(13-5)6(11)12/h4-5H,1-3H2,(H,11,12). The molecule has 6 heteroatoms. The first-order chi connectivity index (χ1) is 5.91. The molecule has 0 saturated carbocycles. The van der Waals surface area contributed by atoms with Crippen LogP contribution in [0.2, 0.25) is 0 Å². The van der Waals surface area contributed by atoms with E-state index < -0.39 is 24.4 Å². The third kappa shape index (κ3) is 2.58. The Morgan fingerprint density at radius 3 is 2.46 bits per heavy atom. The first-order valence-corrected chi connectivity index (χ1v) is 3.86. The van der Waals surface area contributed by atoms with Crippen LogP contribution in [0.5, 0.6) is 0 Å². The highest BCUT2D eigenvalue weighted by atomic mass is 19.4. The summed E-state index contributed by atoms with van der Waals surface area (Å²) in [6.07, 6.45) is -7.42. The summed E-state index contributed by atoms with van der Waals surface area (Å²) in [5, 5.41) is 8.43. The van der Waals surface area contributed by atoms with Gasteiger partial charge in [0.15, 0.2) is 12.2 Å². The van der Waals surface area contributed by atoms with Crippen molar-refractivity contribution in [3.8, 4) is 0 Å². The van der Waals surface area contributed by atoms with E-state index in [9.17, 15) is 18.0 Å². The van der Waals surface area contributed by atoms with Gasteiger partial charge < -0.3 is 9.84 Å². The minimum atomic E-state index is -4.45. The first-order valence-electron chi connectivity index (χ1n) is 3.86. The number of carbonyl (C=O) groups is 1. The fraction of sp³-hybridized carbons (Fsp3) is 0.857. The molecule has 0 spiro atoms. The molecule has 1 heterocycles. The summed E-state index contributed by atoms with van der Waals surface area (Å²) < 4.78 is 40.6. The van der Waals surface area contributed by atoms with Crippen molar-refractivity contribution in [2.45, 2.75) is 37.6 Å². The zero-order valence-electron chi connectivity index (χ0n) is 6.67. The van der Waals surface area contributed by atoms with Gasteiger partial charge in [-0.1, -0.05) is 0 Å². The summed E-state index contributed by atoms with van der Waals surface area (Å²) in [6.45, 7) is 0. The van der Waals surface area contributed by atoms with Gasteiger partial charge in [0, 0.05) is 0 Å². The van der Waals surface area contributed by atoms with Gasteiger partial charge >= 0.3 is 12.1 Å². The van der Waals surface area contributed by atoms with Gasteiger partial charge in [0.1, 0.15) is 0 Å². The number of hydrogen-bond acceptors (Lipinski definition) is 2. The Kier molecular flexibility index (Phi) is 2.80. The van der Waals surface area contributed by atoms with Crippen LogP contribution in [0.3, 0.4) is 0 Å². The molecule has 13 heavy (non-hydrogen) atoms. The molecule has 1 aliphatic heterocycles. The smallest absolute Gasteiger partial charge is 0.414 e. The molecule has 2 unspecified atom stereocenters. The van der Waals surface area contributed by atoms with E-state index >= 15 is 0 Å². The molecule has 1 saturated heterocycles. The molecule has 0 radical (unpaired) electrons. The molecule has 0 amide bonds. The van der Waals surface area contributed by atoms with Gasteiger partial charge in [-0.05, 0) is 19.3 Å². The van der Waals surface area contributed by atoms with Crippen molar-refractivity contribution in [3.63, 3.8) is 0 Å². The molecular formula is C7H9F3O3. The van der Waals surface area contributed by atoms with Gasteiger partial charge in [0.25, 0.3) is 0 Å². The number of aliphatic carboxylic acids is 1. The molecule has 1 rings (SSSR count). The van der Waals surface area contributed by atoms with Crippen LogP contribution in [0.1, 0.15) is 19.3 Å². The molecule has 0 aromatic heterocycles. The highest BCUT2D eigenvalue weighted by Gasteiger charge is 2.44. The summed E-state index contributed by atoms with van der Waals surface area (Å²) in [5.74, 6) is -1.33. The molecular weight excluding hydrogens is 189 g/mol. The third-order valence-corrected chi connectivity index (χ3v) is 1.90. The second kappa shape index (κ2) is 3.53. The number of rotatable bonds is 1. The van der Waals surface area contributed by atoms with Crippen LogP contribution in [0, 0.1) is 0 Å². The van der Waals surface area contributed by atoms with Crippen molar-refractivity contribution < 1.29 is 27.8 Å². The fourth-order valence-corrected chi connectivity index (χ4v) is 1.25. The van der Waals surface area contributed by atoms with E-state index in [1.807, 2.05) is 0 Å². The quantitative estimate of drug-likeness (QED) is 0.695. The van der Waals surface area contributed by atoms with E-state index in [1.165, 1.54) is 0 Å². The maximum Gasteiger partial charge on any atom is 0.414 e. The van der Waals surface area contributed by atoms with Crippen molar-refractivity contribution >= 4 is 5.97 Å². The third-order valence-electron chi connectivity index (χ3n) is 1.90. The van der Waals surface area contributed by atoms with Crippen LogP contribution in [-0.4, -0.2) is 29.5 Å². The van der Waals surface area contributed by atoms with Crippen LogP contribution in [-0.2, 0) is 9.53 Å². The SMILES string of the molecule is O=C(O)C1CCCC(C(F)(F)F)O1. The van der Waals surface area contributed by atoms with E-state index in [0.717, 1.165) is 0 Å². The second-order valence-electron chi connectivity index (χ2n) is 2.92. The lowest BCUT2D eigenvalue weighted by Gasteiger charge is -2.28. The molecule has 0 aromatic rings. The summed E-state index contributed by atoms with van der Waals surface area (Å²) in [4.78, 5) is 10.3. The number of carboxylic acids is 1. The molecule has 1 fully saturated rings. The van der Waals surface area contributed by atoms with Gasteiger partial charge in [0.2, 0.25) is 0 Å². The zero-order valence-corrected chi connectivity index (χ0v) is 6.67. The lowest BCUT2D eigenvalue weighted by molar-refractivity contribution is -0.245. The average molecular weight is 198 g/mol. The number of ether oxygens (including phenoxy) is 1. The predicted octanol–water partition coefficient (Wildman–Crippen LogP) is 1.57. The maximum absolute atomic E-state index is 12.1. The summed E-state index contributed by atoms with van der Waals surface area (Å²) in [6, 6.07) is 0. The fourth-order valence-electron chi connectivity index (χ4n) is 1.25. The Morgan fingerprint density at radius 1 is 1.38 bits per heavy atom. The highest BCUT2D eigenvalue weighted by molar-refractivity contribution is 5.72. The zero-order chi connectivity index (χ0) is 10.1. The van der Waals surface area contributed by atoms with Crippen LogP contribution in [0.4, 0.5) is 13.2 Å². The molecule has 2 atom stereocenters. The minimum Gasteiger partial charge on any atom is -0.479 e. The normalized spacial score (nSPS) is 30.1. The van der Waals surface area contributed by atoms with E-state index in [1.54, 1.807) is 0 Å². The second-order valence-corrected chi connectivity index (χ2v) is 2.92. The van der Waals surface area contributed by atoms with Crippen molar-refractivity contribution in [2.75, 3.05) is 0 Å². The Bertz CT molecular complexity index is 202. The van der Waals surface area contributed by atoms with Gasteiger partial charge in [-0.25, -0.2) is 4.79 Å². The highest BCUT2D eigenvalue weighted by Crippen LogP contribution is 2.31. The van der Waals surface area contributed by atoms with Gasteiger partial charge in [-0.3, -0.25) is 0 Å². The molecule has 3 nitrogen and oxygen atoms in total. The molecule has 1 N–H and O–H groups in total. The Morgan fingerprint density at radius 2 is 2.00 bits per heavy atom. The topological polar surface area (TPSA) is 46.5 Å². The lowest BCUT2D eigenvalue weighted by Crippen LogP contribution is -2.41. The van der Waals surface area contributed by atoms with Gasteiger partial charge in [0.05, 0.1) is 0 Å². The average Bonchev–Trinajstić information content (AvgIpc) is 2.03. The van der Waals surface area contributed by atoms with Crippen molar-refractivity contribution in [1.29, 1.82) is 0 Å². The molecule has 1 aliphatic rings. The first kappa shape index (κ1) is 10.3. The Hall–Kier alpha value is -0.780. The lowest BCUT2D eigenvalue weighted by atomic mass is 10.0. The molecule has 0 aromatic carbocycles. The summed E-state index contributed by atoms with van der Waals surface area (Å²) in [5.41, 5.74) is 0. The minimum absolute atomic E-state index is 0.146. The van der Waals surface area contributed by atoms with Crippen LogP contribution in [0.25, 0.3) is 0 Å². The molecule has 0 bridgehead atoms. The van der Waals surface area contributed by atoms with E-state index in [-0.39, 0.29) is 19.3 Å². The Labute approximate surface area is 72.5 Å². The van der Waals surface area contributed by atoms with Gasteiger partial charge in [-0.2, -0.15) is 13.2 Å². The number of alkyl halides is 3. The largest absolute Gasteiger partial charge is 0.479 e. The van der Waals surface area contributed by atoms with E-state index in [0.29, 0.717) is 0 Å². The number of carboxylic acid groups (broad SMARTS) is 1. The number of halogens is 3. The molecule has 0 aliphatic carbocycles. The number of hydrogen-bond donors (Lipinski definition) is 1. The summed E-state index contributed by atoms with van der Waals surface area (Å²) >= 11 is 0. The van der Waals surface area contributed by atoms with Crippen molar-refractivity contribution in [2.24, 2.45) is 0 Å². The molecule has 76 valence electrons. The monoisotopic (exact) mass is 198 g/mol. The van der Waals surface area contributed by atoms with Crippen molar-refractivity contribution in [1.82, 2.24) is 0 Å². The predicted molar refractivity (Wildman–Crippen MR) is 36.2 cm³/mol.